The molecule has 1 aromatic carbocycles. The smallest absolute Gasteiger partial charge is 0.119 e. The highest BCUT2D eigenvalue weighted by Gasteiger charge is 1.95. The average Bonchev–Trinajstić information content (AvgIpc) is 2.34. The summed E-state index contributed by atoms with van der Waals surface area (Å²) in [7, 11) is 1.72. The van der Waals surface area contributed by atoms with Crippen LogP contribution in [-0.2, 0) is 11.3 Å². The van der Waals surface area contributed by atoms with Crippen molar-refractivity contribution in [3.8, 4) is 5.75 Å². The van der Waals surface area contributed by atoms with E-state index in [0.29, 0.717) is 6.54 Å². The van der Waals surface area contributed by atoms with Crippen molar-refractivity contribution < 1.29 is 9.47 Å². The molecule has 0 aliphatic carbocycles. The zero-order chi connectivity index (χ0) is 11.6. The van der Waals surface area contributed by atoms with Gasteiger partial charge in [0.2, 0.25) is 0 Å². The minimum Gasteiger partial charge on any atom is -0.493 e. The first kappa shape index (κ1) is 13.4. The number of rotatable bonds is 8. The van der Waals surface area contributed by atoms with Gasteiger partial charge in [-0.25, -0.2) is 0 Å². The molecule has 4 heteroatoms. The highest BCUT2D eigenvalue weighted by Crippen LogP contribution is 2.13. The fourth-order valence-corrected chi connectivity index (χ4v) is 1.91. The predicted octanol–water partition coefficient (Wildman–Crippen LogP) is 1.90. The quantitative estimate of drug-likeness (QED) is 0.706. The Balaban J connectivity index is 2.16. The highest BCUT2D eigenvalue weighted by atomic mass is 32.2. The van der Waals surface area contributed by atoms with E-state index in [9.17, 15) is 0 Å². The zero-order valence-electron chi connectivity index (χ0n) is 9.65. The summed E-state index contributed by atoms with van der Waals surface area (Å²) in [4.78, 5) is 0. The lowest BCUT2D eigenvalue weighted by Gasteiger charge is -2.07. The average molecular weight is 241 g/mol. The number of methoxy groups -OCH3 is 1. The van der Waals surface area contributed by atoms with Crippen LogP contribution in [0.5, 0.6) is 5.75 Å². The van der Waals surface area contributed by atoms with Crippen LogP contribution in [0, 0.1) is 0 Å². The van der Waals surface area contributed by atoms with Crippen molar-refractivity contribution in [2.24, 2.45) is 5.73 Å². The van der Waals surface area contributed by atoms with Gasteiger partial charge in [-0.1, -0.05) is 12.1 Å². The lowest BCUT2D eigenvalue weighted by molar-refractivity contribution is 0.218. The van der Waals surface area contributed by atoms with Gasteiger partial charge < -0.3 is 15.2 Å². The summed E-state index contributed by atoms with van der Waals surface area (Å²) in [5.74, 6) is 2.90. The van der Waals surface area contributed by atoms with Crippen LogP contribution >= 0.6 is 11.8 Å². The summed E-state index contributed by atoms with van der Waals surface area (Å²) in [6, 6.07) is 7.91. The largest absolute Gasteiger partial charge is 0.493 e. The molecule has 0 heterocycles. The van der Waals surface area contributed by atoms with Gasteiger partial charge in [-0.15, -0.1) is 0 Å². The molecular weight excluding hydrogens is 222 g/mol. The zero-order valence-corrected chi connectivity index (χ0v) is 10.5. The molecule has 0 unspecified atom stereocenters. The van der Waals surface area contributed by atoms with E-state index in [1.807, 2.05) is 36.0 Å². The van der Waals surface area contributed by atoms with Gasteiger partial charge in [0.25, 0.3) is 0 Å². The summed E-state index contributed by atoms with van der Waals surface area (Å²) in [5.41, 5.74) is 6.66. The van der Waals surface area contributed by atoms with Crippen molar-refractivity contribution in [2.75, 3.05) is 31.8 Å². The van der Waals surface area contributed by atoms with Gasteiger partial charge in [-0.2, -0.15) is 11.8 Å². The van der Waals surface area contributed by atoms with E-state index in [4.69, 9.17) is 15.2 Å². The number of hydrogen-bond donors (Lipinski definition) is 1. The monoisotopic (exact) mass is 241 g/mol. The summed E-state index contributed by atoms with van der Waals surface area (Å²) >= 11 is 1.83. The molecular formula is C12H19NO2S. The fraction of sp³-hybridized carbons (Fsp3) is 0.500. The number of ether oxygens (including phenoxy) is 2. The SMILES string of the molecule is COCCSCCOc1cccc(CN)c1. The molecule has 1 rings (SSSR count). The Kier molecular flexibility index (Phi) is 7.05. The molecule has 0 fully saturated rings. The van der Waals surface area contributed by atoms with Gasteiger partial charge in [-0.05, 0) is 17.7 Å². The molecule has 0 amide bonds. The van der Waals surface area contributed by atoms with Gasteiger partial charge in [0.1, 0.15) is 5.75 Å². The summed E-state index contributed by atoms with van der Waals surface area (Å²) in [6.07, 6.45) is 0. The lowest BCUT2D eigenvalue weighted by atomic mass is 10.2. The molecule has 90 valence electrons. The Morgan fingerprint density at radius 3 is 2.81 bits per heavy atom. The molecule has 1 aromatic rings. The van der Waals surface area contributed by atoms with Gasteiger partial charge >= 0.3 is 0 Å². The summed E-state index contributed by atoms with van der Waals surface area (Å²) in [5, 5.41) is 0. The fourth-order valence-electron chi connectivity index (χ4n) is 1.23. The standard InChI is InChI=1S/C12H19NO2S/c1-14-5-7-16-8-6-15-12-4-2-3-11(9-12)10-13/h2-4,9H,5-8,10,13H2,1H3. The van der Waals surface area contributed by atoms with Crippen molar-refractivity contribution >= 4 is 11.8 Å². The molecule has 0 saturated carbocycles. The normalized spacial score (nSPS) is 10.4. The Bertz CT molecular complexity index is 294. The Labute approximate surface area is 101 Å². The van der Waals surface area contributed by atoms with E-state index in [0.717, 1.165) is 36.0 Å². The molecule has 0 aliphatic rings. The van der Waals surface area contributed by atoms with Crippen molar-refractivity contribution in [1.29, 1.82) is 0 Å². The second kappa shape index (κ2) is 8.44. The van der Waals surface area contributed by atoms with Crippen LogP contribution in [0.15, 0.2) is 24.3 Å². The highest BCUT2D eigenvalue weighted by molar-refractivity contribution is 7.99. The molecule has 0 spiro atoms. The predicted molar refractivity (Wildman–Crippen MR) is 69.0 cm³/mol. The summed E-state index contributed by atoms with van der Waals surface area (Å²) < 4.78 is 10.6. The second-order valence-electron chi connectivity index (χ2n) is 3.31. The molecule has 3 nitrogen and oxygen atoms in total. The molecule has 0 atom stereocenters. The van der Waals surface area contributed by atoms with E-state index in [2.05, 4.69) is 0 Å². The number of thioether (sulfide) groups is 1. The van der Waals surface area contributed by atoms with Crippen molar-refractivity contribution in [2.45, 2.75) is 6.54 Å². The topological polar surface area (TPSA) is 44.5 Å². The van der Waals surface area contributed by atoms with Crippen LogP contribution < -0.4 is 10.5 Å². The third kappa shape index (κ3) is 5.39. The maximum atomic E-state index is 5.61. The van der Waals surface area contributed by atoms with Crippen LogP contribution in [0.25, 0.3) is 0 Å². The molecule has 0 aromatic heterocycles. The first-order chi connectivity index (χ1) is 7.86. The summed E-state index contributed by atoms with van der Waals surface area (Å²) in [6.45, 7) is 2.08. The molecule has 0 radical (unpaired) electrons. The number of benzene rings is 1. The minimum absolute atomic E-state index is 0.555. The second-order valence-corrected chi connectivity index (χ2v) is 4.53. The van der Waals surface area contributed by atoms with Crippen LogP contribution in [0.2, 0.25) is 0 Å². The van der Waals surface area contributed by atoms with Crippen LogP contribution in [0.4, 0.5) is 0 Å². The number of nitrogens with two attached hydrogens (primary N) is 1. The Morgan fingerprint density at radius 1 is 1.25 bits per heavy atom. The molecule has 2 N–H and O–H groups in total. The lowest BCUT2D eigenvalue weighted by Crippen LogP contribution is -2.03. The third-order valence-corrected chi connectivity index (χ3v) is 2.97. The maximum Gasteiger partial charge on any atom is 0.119 e. The van der Waals surface area contributed by atoms with Crippen molar-refractivity contribution in [3.63, 3.8) is 0 Å². The Hall–Kier alpha value is -0.710. The van der Waals surface area contributed by atoms with E-state index < -0.39 is 0 Å². The molecule has 16 heavy (non-hydrogen) atoms. The van der Waals surface area contributed by atoms with Gasteiger partial charge in [-0.3, -0.25) is 0 Å². The van der Waals surface area contributed by atoms with Crippen LogP contribution in [0.1, 0.15) is 5.56 Å². The van der Waals surface area contributed by atoms with Gasteiger partial charge in [0, 0.05) is 25.2 Å². The van der Waals surface area contributed by atoms with E-state index in [1.165, 1.54) is 0 Å². The molecule has 0 saturated heterocycles. The Morgan fingerprint density at radius 2 is 2.06 bits per heavy atom. The van der Waals surface area contributed by atoms with Crippen LogP contribution in [0.3, 0.4) is 0 Å². The van der Waals surface area contributed by atoms with E-state index in [-0.39, 0.29) is 0 Å². The van der Waals surface area contributed by atoms with Gasteiger partial charge in [0.15, 0.2) is 0 Å². The van der Waals surface area contributed by atoms with Crippen molar-refractivity contribution in [1.82, 2.24) is 0 Å². The van der Waals surface area contributed by atoms with E-state index >= 15 is 0 Å². The van der Waals surface area contributed by atoms with Gasteiger partial charge in [0.05, 0.1) is 13.2 Å². The van der Waals surface area contributed by atoms with Crippen molar-refractivity contribution in [3.05, 3.63) is 29.8 Å². The van der Waals surface area contributed by atoms with Crippen LogP contribution in [-0.4, -0.2) is 31.8 Å². The number of hydrogen-bond acceptors (Lipinski definition) is 4. The third-order valence-electron chi connectivity index (χ3n) is 2.06. The maximum absolute atomic E-state index is 5.61. The first-order valence-corrected chi connectivity index (χ1v) is 6.50. The molecule has 0 aliphatic heterocycles. The molecule has 0 bridgehead atoms. The van der Waals surface area contributed by atoms with E-state index in [1.54, 1.807) is 7.11 Å². The minimum atomic E-state index is 0.555. The first-order valence-electron chi connectivity index (χ1n) is 5.35.